The van der Waals surface area contributed by atoms with Crippen LogP contribution in [0.1, 0.15) is 91.3 Å². The topological polar surface area (TPSA) is 111 Å². The van der Waals surface area contributed by atoms with E-state index in [9.17, 15) is 19.2 Å². The van der Waals surface area contributed by atoms with Crippen LogP contribution >= 0.6 is 0 Å². The Morgan fingerprint density at radius 3 is 1.96 bits per heavy atom. The summed E-state index contributed by atoms with van der Waals surface area (Å²) in [5.74, 6) is -2.86. The molecular weight excluding hydrogens is 615 g/mol. The number of hydrogen-bond acceptors (Lipinski definition) is 8. The minimum absolute atomic E-state index is 0.0166. The van der Waals surface area contributed by atoms with Crippen molar-refractivity contribution in [2.45, 2.75) is 123 Å². The molecule has 2 aromatic rings. The summed E-state index contributed by atoms with van der Waals surface area (Å²) in [4.78, 5) is 54.5. The molecule has 4 atom stereocenters. The summed E-state index contributed by atoms with van der Waals surface area (Å²) in [6.45, 7) is 14.2. The van der Waals surface area contributed by atoms with Gasteiger partial charge in [0.1, 0.15) is 24.4 Å². The first-order chi connectivity index (χ1) is 22.3. The van der Waals surface area contributed by atoms with Crippen LogP contribution in [-0.2, 0) is 51.8 Å². The molecule has 0 spiro atoms. The van der Waals surface area contributed by atoms with Gasteiger partial charge < -0.3 is 24.4 Å². The summed E-state index contributed by atoms with van der Waals surface area (Å²) in [7, 11) is 3.00. The van der Waals surface area contributed by atoms with Crippen molar-refractivity contribution in [1.82, 2.24) is 10.2 Å². The molecule has 0 aromatic heterocycles. The van der Waals surface area contributed by atoms with Crippen LogP contribution in [0.5, 0.6) is 0 Å². The minimum Gasteiger partial charge on any atom is -0.458 e. The van der Waals surface area contributed by atoms with Crippen LogP contribution in [0.25, 0.3) is 0 Å². The van der Waals surface area contributed by atoms with Gasteiger partial charge in [-0.3, -0.25) is 9.59 Å². The molecule has 1 N–H and O–H groups in total. The predicted molar refractivity (Wildman–Crippen MR) is 184 cm³/mol. The van der Waals surface area contributed by atoms with Crippen molar-refractivity contribution in [3.05, 3.63) is 71.3 Å². The second kappa shape index (κ2) is 18.1. The fourth-order valence-corrected chi connectivity index (χ4v) is 5.09. The number of hydrogen-bond donors (Lipinski definition) is 1. The van der Waals surface area contributed by atoms with E-state index in [-0.39, 0.29) is 24.4 Å². The summed E-state index contributed by atoms with van der Waals surface area (Å²) in [6, 6.07) is 15.0. The van der Waals surface area contributed by atoms with Gasteiger partial charge in [-0.05, 0) is 75.1 Å². The fraction of sp³-hybridized carbons (Fsp3) is 0.579. The molecule has 0 saturated heterocycles. The molecule has 0 aliphatic rings. The Morgan fingerprint density at radius 2 is 1.44 bits per heavy atom. The Morgan fingerprint density at radius 1 is 0.833 bits per heavy atom. The van der Waals surface area contributed by atoms with Gasteiger partial charge in [-0.25, -0.2) is 14.0 Å². The average molecular weight is 671 g/mol. The number of likely N-dealkylation sites (N-methyl/N-ethyl adjacent to an activating group) is 2. The Hall–Kier alpha value is -3.79. The van der Waals surface area contributed by atoms with Crippen LogP contribution in [0.4, 0.5) is 4.39 Å². The number of aryl methyl sites for hydroxylation is 1. The van der Waals surface area contributed by atoms with E-state index in [1.807, 2.05) is 44.2 Å². The zero-order valence-electron chi connectivity index (χ0n) is 30.3. The highest BCUT2D eigenvalue weighted by Crippen LogP contribution is 2.25. The molecule has 0 bridgehead atoms. The largest absolute Gasteiger partial charge is 0.458 e. The highest BCUT2D eigenvalue weighted by atomic mass is 19.1. The molecule has 10 heteroatoms. The summed E-state index contributed by atoms with van der Waals surface area (Å²) in [5, 5.41) is 2.96. The van der Waals surface area contributed by atoms with Crippen molar-refractivity contribution < 1.29 is 37.8 Å². The molecule has 0 saturated carbocycles. The average Bonchev–Trinajstić information content (AvgIpc) is 3.02. The van der Waals surface area contributed by atoms with E-state index < -0.39 is 60.2 Å². The highest BCUT2D eigenvalue weighted by Gasteiger charge is 2.39. The number of ether oxygens (including phenoxy) is 3. The van der Waals surface area contributed by atoms with Crippen LogP contribution in [-0.4, -0.2) is 72.8 Å². The number of benzene rings is 2. The first-order valence-electron chi connectivity index (χ1n) is 16.7. The highest BCUT2D eigenvalue weighted by molar-refractivity contribution is 5.90. The number of nitrogens with one attached hydrogen (secondary N) is 1. The lowest BCUT2D eigenvalue weighted by molar-refractivity contribution is -0.174. The molecule has 0 unspecified atom stereocenters. The Labute approximate surface area is 285 Å². The first-order valence-corrected chi connectivity index (χ1v) is 16.7. The van der Waals surface area contributed by atoms with Crippen molar-refractivity contribution in [3.8, 4) is 0 Å². The number of nitrogens with zero attached hydrogens (tertiary/aromatic N) is 1. The minimum atomic E-state index is -1.88. The van der Waals surface area contributed by atoms with Crippen molar-refractivity contribution in [1.29, 1.82) is 0 Å². The van der Waals surface area contributed by atoms with Crippen LogP contribution in [0.3, 0.4) is 0 Å². The maximum Gasteiger partial charge on any atom is 0.347 e. The molecule has 266 valence electrons. The predicted octanol–water partition coefficient (Wildman–Crippen LogP) is 6.10. The number of alkyl halides is 1. The molecule has 0 aliphatic heterocycles. The summed E-state index contributed by atoms with van der Waals surface area (Å²) >= 11 is 0. The van der Waals surface area contributed by atoms with Crippen molar-refractivity contribution >= 4 is 23.8 Å². The van der Waals surface area contributed by atoms with E-state index in [4.69, 9.17) is 14.2 Å². The second-order valence-corrected chi connectivity index (χ2v) is 14.4. The van der Waals surface area contributed by atoms with E-state index in [0.717, 1.165) is 21.6 Å². The Bertz CT molecular complexity index is 1330. The van der Waals surface area contributed by atoms with Crippen molar-refractivity contribution in [3.63, 3.8) is 0 Å². The van der Waals surface area contributed by atoms with Crippen LogP contribution in [0.15, 0.2) is 54.6 Å². The van der Waals surface area contributed by atoms with Gasteiger partial charge in [-0.1, -0.05) is 89.2 Å². The van der Waals surface area contributed by atoms with Gasteiger partial charge in [0, 0.05) is 13.5 Å². The van der Waals surface area contributed by atoms with Crippen molar-refractivity contribution in [2.24, 2.45) is 5.92 Å². The van der Waals surface area contributed by atoms with E-state index >= 15 is 4.39 Å². The monoisotopic (exact) mass is 670 g/mol. The molecule has 0 aliphatic carbocycles. The van der Waals surface area contributed by atoms with Crippen LogP contribution in [0, 0.1) is 5.92 Å². The maximum atomic E-state index is 15.1. The number of esters is 3. The Balaban J connectivity index is 2.29. The normalized spacial score (nSPS) is 14.4. The van der Waals surface area contributed by atoms with Crippen LogP contribution < -0.4 is 5.32 Å². The van der Waals surface area contributed by atoms with Gasteiger partial charge in [-0.2, -0.15) is 0 Å². The quantitative estimate of drug-likeness (QED) is 0.159. The molecule has 48 heavy (non-hydrogen) atoms. The van der Waals surface area contributed by atoms with E-state index in [1.165, 1.54) is 27.8 Å². The van der Waals surface area contributed by atoms with E-state index in [0.29, 0.717) is 12.8 Å². The van der Waals surface area contributed by atoms with Gasteiger partial charge in [0.15, 0.2) is 12.2 Å². The zero-order valence-corrected chi connectivity index (χ0v) is 30.3. The standard InChI is InChI=1S/C38H55FN2O7/c1-25(2)22-30(40-9)35(44)48-32(21-18-27-16-19-29(20-17-27)37(4,5)6)33(42)41(10)31(23-38(7,8)39)36(45)47-26(3)34(43)46-24-28-14-12-11-13-15-28/h11-17,19-20,25-26,30-32,40H,18,21-24H2,1-10H3/t26-,30+,31+,32-/m1/s1. The second-order valence-electron chi connectivity index (χ2n) is 14.4. The Kier molecular flexibility index (Phi) is 15.2. The molecule has 0 fully saturated rings. The van der Waals surface area contributed by atoms with Crippen molar-refractivity contribution in [2.75, 3.05) is 14.1 Å². The number of halogens is 1. The van der Waals surface area contributed by atoms with Gasteiger partial charge in [0.2, 0.25) is 0 Å². The summed E-state index contributed by atoms with van der Waals surface area (Å²) in [5.41, 5.74) is 0.939. The lowest BCUT2D eigenvalue weighted by atomic mass is 9.86. The number of carbonyl (C=O) groups is 4. The molecule has 1 amide bonds. The molecule has 0 heterocycles. The molecule has 0 radical (unpaired) electrons. The lowest BCUT2D eigenvalue weighted by Gasteiger charge is -2.33. The van der Waals surface area contributed by atoms with Gasteiger partial charge in [-0.15, -0.1) is 0 Å². The smallest absolute Gasteiger partial charge is 0.347 e. The molecule has 9 nitrogen and oxygen atoms in total. The number of amides is 1. The first kappa shape index (κ1) is 40.4. The fourth-order valence-electron chi connectivity index (χ4n) is 5.09. The number of carbonyl (C=O) groups excluding carboxylic acids is 4. The van der Waals surface area contributed by atoms with E-state index in [1.54, 1.807) is 31.3 Å². The van der Waals surface area contributed by atoms with Gasteiger partial charge in [0.05, 0.1) is 0 Å². The summed E-state index contributed by atoms with van der Waals surface area (Å²) < 4.78 is 31.6. The van der Waals surface area contributed by atoms with Gasteiger partial charge in [0.25, 0.3) is 5.91 Å². The third-order valence-electron chi connectivity index (χ3n) is 8.00. The number of rotatable bonds is 17. The zero-order chi connectivity index (χ0) is 36.2. The molecule has 2 aromatic carbocycles. The lowest BCUT2D eigenvalue weighted by Crippen LogP contribution is -2.52. The third kappa shape index (κ3) is 13.4. The van der Waals surface area contributed by atoms with Crippen LogP contribution in [0.2, 0.25) is 0 Å². The summed E-state index contributed by atoms with van der Waals surface area (Å²) in [6.07, 6.45) is -1.97. The third-order valence-corrected chi connectivity index (χ3v) is 8.00. The van der Waals surface area contributed by atoms with Gasteiger partial charge >= 0.3 is 17.9 Å². The molecular formula is C38H55FN2O7. The molecule has 2 rings (SSSR count). The SMILES string of the molecule is CN[C@@H](CC(C)C)C(=O)O[C@H](CCc1ccc(C(C)(C)C)cc1)C(=O)N(C)[C@@H](CC(C)(C)F)C(=O)O[C@H](C)C(=O)OCc1ccccc1. The van der Waals surface area contributed by atoms with E-state index in [2.05, 4.69) is 26.1 Å². The maximum absolute atomic E-state index is 15.1.